The zero-order valence-corrected chi connectivity index (χ0v) is 19.2. The average molecular weight is 500 g/mol. The van der Waals surface area contributed by atoms with E-state index in [4.69, 9.17) is 17.3 Å². The Morgan fingerprint density at radius 1 is 1.41 bits per heavy atom. The van der Waals surface area contributed by atoms with Crippen LogP contribution in [-0.2, 0) is 11.0 Å². The largest absolute Gasteiger partial charge is 0.417 e. The molecule has 0 aromatic heterocycles. The van der Waals surface area contributed by atoms with Crippen LogP contribution in [-0.4, -0.2) is 54.0 Å². The highest BCUT2D eigenvalue weighted by molar-refractivity contribution is 6.31. The summed E-state index contributed by atoms with van der Waals surface area (Å²) in [6.45, 7) is 1.41. The van der Waals surface area contributed by atoms with E-state index in [9.17, 15) is 28.1 Å². The molecule has 184 valence electrons. The first-order valence-corrected chi connectivity index (χ1v) is 11.7. The number of nitriles is 1. The molecule has 4 rings (SSSR count). The molecule has 2 saturated heterocycles. The Morgan fingerprint density at radius 2 is 2.15 bits per heavy atom. The Balaban J connectivity index is 1.59. The lowest BCUT2D eigenvalue weighted by atomic mass is 9.97. The summed E-state index contributed by atoms with van der Waals surface area (Å²) in [6.07, 6.45) is -3.70. The fourth-order valence-electron chi connectivity index (χ4n) is 4.98. The van der Waals surface area contributed by atoms with Crippen LogP contribution in [0.4, 0.5) is 13.2 Å². The normalized spacial score (nSPS) is 29.0. The number of halogens is 4. The minimum atomic E-state index is -4.65. The number of hydrogen-bond donors (Lipinski definition) is 3. The van der Waals surface area contributed by atoms with E-state index in [0.29, 0.717) is 25.9 Å². The summed E-state index contributed by atoms with van der Waals surface area (Å²) in [4.78, 5) is 28.1. The number of nitrogens with two attached hydrogens (primary N) is 1. The van der Waals surface area contributed by atoms with Crippen LogP contribution < -0.4 is 16.4 Å². The highest BCUT2D eigenvalue weighted by Crippen LogP contribution is 2.45. The summed E-state index contributed by atoms with van der Waals surface area (Å²) in [6, 6.07) is 5.47. The summed E-state index contributed by atoms with van der Waals surface area (Å²) in [7, 11) is 0. The van der Waals surface area contributed by atoms with E-state index in [1.807, 2.05) is 4.90 Å². The van der Waals surface area contributed by atoms with Crippen molar-refractivity contribution in [3.63, 3.8) is 0 Å². The molecule has 0 bridgehead atoms. The Bertz CT molecular complexity index is 1010. The first kappa shape index (κ1) is 24.9. The van der Waals surface area contributed by atoms with Gasteiger partial charge in [-0.15, -0.1) is 0 Å². The van der Waals surface area contributed by atoms with Crippen molar-refractivity contribution in [2.75, 3.05) is 26.2 Å². The van der Waals surface area contributed by atoms with Gasteiger partial charge in [0.15, 0.2) is 0 Å². The van der Waals surface area contributed by atoms with E-state index in [1.54, 1.807) is 0 Å². The van der Waals surface area contributed by atoms with Crippen LogP contribution in [0.2, 0.25) is 5.02 Å². The van der Waals surface area contributed by atoms with Crippen molar-refractivity contribution >= 4 is 17.5 Å². The highest BCUT2D eigenvalue weighted by Gasteiger charge is 2.54. The molecule has 3 unspecified atom stereocenters. The monoisotopic (exact) mass is 499 g/mol. The number of benzene rings is 1. The molecule has 4 N–H and O–H groups in total. The number of likely N-dealkylation sites (tertiary alicyclic amines) is 1. The lowest BCUT2D eigenvalue weighted by Crippen LogP contribution is -2.61. The van der Waals surface area contributed by atoms with Crippen LogP contribution in [0.1, 0.15) is 43.0 Å². The summed E-state index contributed by atoms with van der Waals surface area (Å²) >= 11 is 5.76. The lowest BCUT2D eigenvalue weighted by molar-refractivity contribution is -0.671. The van der Waals surface area contributed by atoms with Crippen molar-refractivity contribution in [1.29, 1.82) is 5.26 Å². The molecule has 8 nitrogen and oxygen atoms in total. The Kier molecular flexibility index (Phi) is 6.88. The number of nitroso groups, excluding NO2 is 1. The van der Waals surface area contributed by atoms with Crippen molar-refractivity contribution in [3.8, 4) is 6.07 Å². The molecule has 2 heterocycles. The predicted octanol–water partition coefficient (Wildman–Crippen LogP) is 2.52. The van der Waals surface area contributed by atoms with Crippen molar-refractivity contribution < 1.29 is 22.7 Å². The Labute approximate surface area is 200 Å². The molecule has 34 heavy (non-hydrogen) atoms. The summed E-state index contributed by atoms with van der Waals surface area (Å²) < 4.78 is 41.0. The SMILES string of the molecule is N#CC1(C(=O)NCC2CNC(c3ccc(Cl)c(C(F)(F)F)c3)[N+](=O)C2N2CCC[C@H]2CN)CC1. The number of amides is 1. The van der Waals surface area contributed by atoms with Gasteiger partial charge in [0.1, 0.15) is 5.41 Å². The van der Waals surface area contributed by atoms with E-state index < -0.39 is 34.5 Å². The van der Waals surface area contributed by atoms with E-state index in [0.717, 1.165) is 29.7 Å². The fraction of sp³-hybridized carbons (Fsp3) is 0.636. The zero-order valence-electron chi connectivity index (χ0n) is 18.4. The highest BCUT2D eigenvalue weighted by atomic mass is 35.5. The Morgan fingerprint density at radius 3 is 2.76 bits per heavy atom. The zero-order chi connectivity index (χ0) is 24.7. The van der Waals surface area contributed by atoms with Gasteiger partial charge >= 0.3 is 6.18 Å². The molecule has 3 aliphatic rings. The van der Waals surface area contributed by atoms with Crippen LogP contribution in [0.5, 0.6) is 0 Å². The second kappa shape index (κ2) is 9.41. The maximum atomic E-state index is 13.6. The molecular weight excluding hydrogens is 473 g/mol. The second-order valence-corrected chi connectivity index (χ2v) is 9.66. The average Bonchev–Trinajstić information content (AvgIpc) is 3.47. The number of alkyl halides is 3. The molecule has 4 atom stereocenters. The maximum absolute atomic E-state index is 13.6. The standard InChI is InChI=1S/C22H26ClF3N6O2/c23-17-4-3-13(8-16(17)22(24,25)26)18-29-10-14(11-30-20(33)21(12-28)5-6-21)19(32(18)34)31-7-1-2-15(31)9-27/h3-4,8,14-15,18-19,29H,1-2,5-7,9-11,27H2/p+1/t14?,15-,18?,19?/m0/s1. The summed E-state index contributed by atoms with van der Waals surface area (Å²) in [5.74, 6) is -0.702. The van der Waals surface area contributed by atoms with E-state index >= 15 is 0 Å². The minimum Gasteiger partial charge on any atom is -0.354 e. The van der Waals surface area contributed by atoms with Gasteiger partial charge in [0.2, 0.25) is 5.91 Å². The van der Waals surface area contributed by atoms with Gasteiger partial charge in [0.05, 0.1) is 22.6 Å². The predicted molar refractivity (Wildman–Crippen MR) is 117 cm³/mol. The smallest absolute Gasteiger partial charge is 0.354 e. The number of nitrogens with one attached hydrogen (secondary N) is 2. The van der Waals surface area contributed by atoms with Crippen LogP contribution in [0, 0.1) is 27.6 Å². The van der Waals surface area contributed by atoms with Gasteiger partial charge in [-0.1, -0.05) is 11.6 Å². The van der Waals surface area contributed by atoms with Crippen LogP contribution >= 0.6 is 11.6 Å². The first-order valence-electron chi connectivity index (χ1n) is 11.3. The molecule has 1 aromatic carbocycles. The molecular formula is C22H27ClF3N6O2+. The molecule has 1 saturated carbocycles. The number of nitrogens with zero attached hydrogens (tertiary/aromatic N) is 3. The van der Waals surface area contributed by atoms with Gasteiger partial charge < -0.3 is 11.1 Å². The van der Waals surface area contributed by atoms with Gasteiger partial charge in [-0.25, -0.2) is 4.90 Å². The summed E-state index contributed by atoms with van der Waals surface area (Å²) in [5, 5.41) is 14.7. The molecule has 1 aliphatic carbocycles. The number of hydrogen-bond acceptors (Lipinski definition) is 6. The number of carbonyl (C=O) groups is 1. The van der Waals surface area contributed by atoms with Gasteiger partial charge in [-0.05, 0) is 43.9 Å². The van der Waals surface area contributed by atoms with Gasteiger partial charge in [-0.3, -0.25) is 10.1 Å². The lowest BCUT2D eigenvalue weighted by Gasteiger charge is -2.37. The molecule has 1 amide bonds. The minimum absolute atomic E-state index is 0.0387. The third-order valence-corrected chi connectivity index (χ3v) is 7.41. The molecule has 0 radical (unpaired) electrons. The molecule has 2 aliphatic heterocycles. The Hall–Kier alpha value is -2.26. The number of carbonyl (C=O) groups excluding carboxylic acids is 1. The molecule has 3 fully saturated rings. The summed E-state index contributed by atoms with van der Waals surface area (Å²) in [5.41, 5.74) is 4.11. The van der Waals surface area contributed by atoms with Crippen LogP contribution in [0.25, 0.3) is 0 Å². The molecule has 1 aromatic rings. The van der Waals surface area contributed by atoms with E-state index in [-0.39, 0.29) is 36.5 Å². The van der Waals surface area contributed by atoms with E-state index in [2.05, 4.69) is 16.7 Å². The van der Waals surface area contributed by atoms with Crippen LogP contribution in [0.15, 0.2) is 18.2 Å². The van der Waals surface area contributed by atoms with Crippen molar-refractivity contribution in [2.24, 2.45) is 17.1 Å². The second-order valence-electron chi connectivity index (χ2n) is 9.25. The number of rotatable bonds is 6. The van der Waals surface area contributed by atoms with Gasteiger partial charge in [-0.2, -0.15) is 18.4 Å². The topological polar surface area (TPSA) is 114 Å². The molecule has 12 heteroatoms. The molecule has 0 spiro atoms. The third kappa shape index (κ3) is 4.64. The van der Waals surface area contributed by atoms with E-state index in [1.165, 1.54) is 6.07 Å². The van der Waals surface area contributed by atoms with Crippen LogP contribution in [0.3, 0.4) is 0 Å². The third-order valence-electron chi connectivity index (χ3n) is 7.08. The van der Waals surface area contributed by atoms with Gasteiger partial charge in [0, 0.05) is 47.5 Å². The quantitative estimate of drug-likeness (QED) is 0.518. The van der Waals surface area contributed by atoms with Crippen molar-refractivity contribution in [3.05, 3.63) is 39.3 Å². The van der Waals surface area contributed by atoms with Crippen molar-refractivity contribution in [2.45, 2.75) is 50.2 Å². The van der Waals surface area contributed by atoms with Crippen molar-refractivity contribution in [1.82, 2.24) is 15.5 Å². The maximum Gasteiger partial charge on any atom is 0.417 e. The van der Waals surface area contributed by atoms with Gasteiger partial charge in [0.25, 0.3) is 12.3 Å². The fourth-order valence-corrected chi connectivity index (χ4v) is 5.20. The first-order chi connectivity index (χ1) is 16.1.